The monoisotopic (exact) mass is 234 g/mol. The summed E-state index contributed by atoms with van der Waals surface area (Å²) in [7, 11) is 1.24. The lowest BCUT2D eigenvalue weighted by Gasteiger charge is -1.97. The van der Waals surface area contributed by atoms with Crippen LogP contribution in [-0.2, 0) is 4.74 Å². The molecule has 0 bridgehead atoms. The van der Waals surface area contributed by atoms with Crippen LogP contribution in [0, 0.1) is 0 Å². The summed E-state index contributed by atoms with van der Waals surface area (Å²) in [5.74, 6) is -0.382. The van der Waals surface area contributed by atoms with Gasteiger partial charge in [0.05, 0.1) is 18.2 Å². The SMILES string of the molecule is COC(=O)Nc1nc2c(C(N)=O)cccc2[nH]1. The van der Waals surface area contributed by atoms with Gasteiger partial charge in [-0.3, -0.25) is 10.1 Å². The Labute approximate surface area is 96.0 Å². The van der Waals surface area contributed by atoms with Crippen LogP contribution in [0.3, 0.4) is 0 Å². The number of H-pyrrole nitrogens is 1. The highest BCUT2D eigenvalue weighted by molar-refractivity contribution is 6.04. The van der Waals surface area contributed by atoms with Gasteiger partial charge in [-0.25, -0.2) is 9.78 Å². The summed E-state index contributed by atoms with van der Waals surface area (Å²) in [6.07, 6.45) is -0.648. The smallest absolute Gasteiger partial charge is 0.413 e. The number of amides is 2. The summed E-state index contributed by atoms with van der Waals surface area (Å²) in [6, 6.07) is 4.95. The summed E-state index contributed by atoms with van der Waals surface area (Å²) in [5.41, 5.74) is 6.51. The number of anilines is 1. The first kappa shape index (κ1) is 10.9. The van der Waals surface area contributed by atoms with Crippen molar-refractivity contribution in [2.45, 2.75) is 0 Å². The second-order valence-corrected chi connectivity index (χ2v) is 3.27. The van der Waals surface area contributed by atoms with Crippen LogP contribution in [0.2, 0.25) is 0 Å². The number of rotatable bonds is 2. The van der Waals surface area contributed by atoms with Crippen LogP contribution < -0.4 is 11.1 Å². The van der Waals surface area contributed by atoms with Gasteiger partial charge < -0.3 is 15.5 Å². The Morgan fingerprint density at radius 2 is 2.24 bits per heavy atom. The van der Waals surface area contributed by atoms with Gasteiger partial charge in [0.15, 0.2) is 0 Å². The third-order valence-corrected chi connectivity index (χ3v) is 2.18. The zero-order valence-corrected chi connectivity index (χ0v) is 8.98. The standard InChI is InChI=1S/C10H10N4O3/c1-17-10(16)14-9-12-6-4-2-3-5(8(11)15)7(6)13-9/h2-4H,1H3,(H2,11,15)(H2,12,13,14,16). The van der Waals surface area contributed by atoms with Crippen molar-refractivity contribution >= 4 is 29.0 Å². The van der Waals surface area contributed by atoms with Gasteiger partial charge in [-0.05, 0) is 12.1 Å². The van der Waals surface area contributed by atoms with E-state index in [2.05, 4.69) is 20.0 Å². The van der Waals surface area contributed by atoms with Crippen LogP contribution in [0.15, 0.2) is 18.2 Å². The lowest BCUT2D eigenvalue weighted by molar-refractivity contribution is 0.100. The molecule has 2 aromatic rings. The number of carbonyl (C=O) groups is 2. The molecule has 0 aliphatic heterocycles. The topological polar surface area (TPSA) is 110 Å². The minimum Gasteiger partial charge on any atom is -0.453 e. The Balaban J connectivity index is 2.46. The number of aromatic amines is 1. The van der Waals surface area contributed by atoms with E-state index in [1.165, 1.54) is 7.11 Å². The number of hydrogen-bond donors (Lipinski definition) is 3. The van der Waals surface area contributed by atoms with E-state index in [0.29, 0.717) is 11.0 Å². The van der Waals surface area contributed by atoms with E-state index in [0.717, 1.165) is 0 Å². The molecule has 1 aromatic heterocycles. The Morgan fingerprint density at radius 3 is 2.88 bits per heavy atom. The average Bonchev–Trinajstić information content (AvgIpc) is 2.70. The predicted molar refractivity (Wildman–Crippen MR) is 60.6 cm³/mol. The van der Waals surface area contributed by atoms with Crippen LogP contribution in [-0.4, -0.2) is 29.1 Å². The Morgan fingerprint density at radius 1 is 1.47 bits per heavy atom. The molecule has 0 unspecified atom stereocenters. The first-order chi connectivity index (χ1) is 8.11. The van der Waals surface area contributed by atoms with Crippen molar-refractivity contribution < 1.29 is 14.3 Å². The zero-order chi connectivity index (χ0) is 12.4. The number of carbonyl (C=O) groups excluding carboxylic acids is 2. The van der Waals surface area contributed by atoms with E-state index >= 15 is 0 Å². The van der Waals surface area contributed by atoms with Crippen molar-refractivity contribution in [3.8, 4) is 0 Å². The minimum atomic E-state index is -0.648. The summed E-state index contributed by atoms with van der Waals surface area (Å²) in [4.78, 5) is 29.0. The molecule has 1 aromatic carbocycles. The van der Waals surface area contributed by atoms with E-state index < -0.39 is 12.0 Å². The van der Waals surface area contributed by atoms with Crippen molar-refractivity contribution in [3.63, 3.8) is 0 Å². The number of imidazole rings is 1. The van der Waals surface area contributed by atoms with Crippen LogP contribution >= 0.6 is 0 Å². The number of hydrogen-bond acceptors (Lipinski definition) is 4. The molecule has 88 valence electrons. The van der Waals surface area contributed by atoms with Crippen LogP contribution in [0.4, 0.5) is 10.7 Å². The van der Waals surface area contributed by atoms with Gasteiger partial charge in [0.1, 0.15) is 5.52 Å². The first-order valence-corrected chi connectivity index (χ1v) is 4.75. The van der Waals surface area contributed by atoms with Crippen LogP contribution in [0.25, 0.3) is 11.0 Å². The number of para-hydroxylation sites is 1. The van der Waals surface area contributed by atoms with Crippen molar-refractivity contribution in [1.29, 1.82) is 0 Å². The maximum atomic E-state index is 11.2. The fourth-order valence-corrected chi connectivity index (χ4v) is 1.44. The molecule has 0 spiro atoms. The summed E-state index contributed by atoms with van der Waals surface area (Å²) in [6.45, 7) is 0. The second-order valence-electron chi connectivity index (χ2n) is 3.27. The van der Waals surface area contributed by atoms with E-state index in [4.69, 9.17) is 5.73 Å². The summed E-state index contributed by atoms with van der Waals surface area (Å²) < 4.78 is 4.43. The van der Waals surface area contributed by atoms with Crippen molar-refractivity contribution in [1.82, 2.24) is 9.97 Å². The lowest BCUT2D eigenvalue weighted by atomic mass is 10.2. The molecule has 7 nitrogen and oxygen atoms in total. The van der Waals surface area contributed by atoms with Crippen molar-refractivity contribution in [2.75, 3.05) is 12.4 Å². The molecule has 1 heterocycles. The van der Waals surface area contributed by atoms with E-state index in [1.807, 2.05) is 0 Å². The predicted octanol–water partition coefficient (Wildman–Crippen LogP) is 0.840. The van der Waals surface area contributed by atoms with E-state index in [-0.39, 0.29) is 11.5 Å². The molecule has 4 N–H and O–H groups in total. The largest absolute Gasteiger partial charge is 0.453 e. The van der Waals surface area contributed by atoms with E-state index in [1.54, 1.807) is 18.2 Å². The minimum absolute atomic E-state index is 0.195. The molecular weight excluding hydrogens is 224 g/mol. The molecule has 2 amide bonds. The molecule has 0 saturated heterocycles. The summed E-state index contributed by atoms with van der Waals surface area (Å²) in [5, 5.41) is 2.37. The highest BCUT2D eigenvalue weighted by atomic mass is 16.5. The number of ether oxygens (including phenoxy) is 1. The Bertz CT molecular complexity index is 590. The Kier molecular flexibility index (Phi) is 2.65. The molecule has 0 aliphatic carbocycles. The molecular formula is C10H10N4O3. The number of aromatic nitrogens is 2. The van der Waals surface area contributed by atoms with Crippen LogP contribution in [0.1, 0.15) is 10.4 Å². The number of fused-ring (bicyclic) bond motifs is 1. The number of nitrogens with zero attached hydrogens (tertiary/aromatic N) is 1. The molecule has 0 radical (unpaired) electrons. The normalized spacial score (nSPS) is 10.2. The van der Waals surface area contributed by atoms with E-state index in [9.17, 15) is 9.59 Å². The van der Waals surface area contributed by atoms with Crippen LogP contribution in [0.5, 0.6) is 0 Å². The number of nitrogens with one attached hydrogen (secondary N) is 2. The first-order valence-electron chi connectivity index (χ1n) is 4.75. The fourth-order valence-electron chi connectivity index (χ4n) is 1.44. The molecule has 0 fully saturated rings. The molecule has 0 saturated carbocycles. The zero-order valence-electron chi connectivity index (χ0n) is 8.98. The Hall–Kier alpha value is -2.57. The lowest BCUT2D eigenvalue weighted by Crippen LogP contribution is -2.12. The van der Waals surface area contributed by atoms with Crippen molar-refractivity contribution in [2.24, 2.45) is 5.73 Å². The highest BCUT2D eigenvalue weighted by Crippen LogP contribution is 2.18. The number of methoxy groups -OCH3 is 1. The van der Waals surface area contributed by atoms with Gasteiger partial charge in [0.2, 0.25) is 5.95 Å². The third-order valence-electron chi connectivity index (χ3n) is 2.18. The van der Waals surface area contributed by atoms with Gasteiger partial charge in [-0.2, -0.15) is 0 Å². The van der Waals surface area contributed by atoms with Gasteiger partial charge in [-0.15, -0.1) is 0 Å². The van der Waals surface area contributed by atoms with Gasteiger partial charge >= 0.3 is 6.09 Å². The van der Waals surface area contributed by atoms with Gasteiger partial charge in [0.25, 0.3) is 5.91 Å². The molecule has 17 heavy (non-hydrogen) atoms. The number of primary amides is 1. The highest BCUT2D eigenvalue weighted by Gasteiger charge is 2.12. The fraction of sp³-hybridized carbons (Fsp3) is 0.100. The van der Waals surface area contributed by atoms with Crippen molar-refractivity contribution in [3.05, 3.63) is 23.8 Å². The van der Waals surface area contributed by atoms with Gasteiger partial charge in [-0.1, -0.05) is 6.07 Å². The second kappa shape index (κ2) is 4.12. The summed E-state index contributed by atoms with van der Waals surface area (Å²) >= 11 is 0. The molecule has 7 heteroatoms. The molecule has 0 aliphatic rings. The quantitative estimate of drug-likeness (QED) is 0.714. The number of benzene rings is 1. The average molecular weight is 234 g/mol. The van der Waals surface area contributed by atoms with Gasteiger partial charge in [0, 0.05) is 0 Å². The third kappa shape index (κ3) is 2.03. The molecule has 0 atom stereocenters. The maximum Gasteiger partial charge on any atom is 0.413 e. The number of nitrogens with two attached hydrogens (primary N) is 1. The molecule has 2 rings (SSSR count). The maximum absolute atomic E-state index is 11.2.